The smallest absolute Gasteiger partial charge is 0.410 e. The minimum Gasteiger partial charge on any atom is -0.444 e. The van der Waals surface area contributed by atoms with Crippen LogP contribution in [0.2, 0.25) is 0 Å². The van der Waals surface area contributed by atoms with E-state index in [4.69, 9.17) is 14.2 Å². The highest BCUT2D eigenvalue weighted by atomic mass is 19.1. The monoisotopic (exact) mass is 480 g/mol. The molecule has 1 aromatic carbocycles. The first-order valence-electron chi connectivity index (χ1n) is 12.3. The molecule has 1 saturated carbocycles. The van der Waals surface area contributed by atoms with Crippen LogP contribution in [0.3, 0.4) is 0 Å². The molecule has 3 rings (SSSR count). The highest BCUT2D eigenvalue weighted by Gasteiger charge is 2.53. The van der Waals surface area contributed by atoms with Gasteiger partial charge in [-0.1, -0.05) is 12.1 Å². The van der Waals surface area contributed by atoms with Gasteiger partial charge in [0.15, 0.2) is 5.79 Å². The Kier molecular flexibility index (Phi) is 8.61. The van der Waals surface area contributed by atoms with Crippen molar-refractivity contribution in [2.45, 2.75) is 83.6 Å². The van der Waals surface area contributed by atoms with Gasteiger partial charge in [-0.05, 0) is 85.2 Å². The molecule has 1 N–H and O–H groups in total. The van der Waals surface area contributed by atoms with Crippen LogP contribution in [0.5, 0.6) is 0 Å². The molecule has 2 aliphatic rings. The number of nitrogens with zero attached hydrogens (tertiary/aromatic N) is 2. The number of fused-ring (bicyclic) bond motifs is 1. The van der Waals surface area contributed by atoms with Crippen molar-refractivity contribution in [3.05, 3.63) is 35.6 Å². The summed E-state index contributed by atoms with van der Waals surface area (Å²) in [5, 5.41) is 10.4. The summed E-state index contributed by atoms with van der Waals surface area (Å²) in [7, 11) is 2.05. The van der Waals surface area contributed by atoms with E-state index in [-0.39, 0.29) is 30.0 Å². The third-order valence-electron chi connectivity index (χ3n) is 6.30. The summed E-state index contributed by atoms with van der Waals surface area (Å²) in [5.41, 5.74) is 0.405. The topological polar surface area (TPSA) is 71.5 Å². The molecule has 0 radical (unpaired) electrons. The predicted molar refractivity (Wildman–Crippen MR) is 128 cm³/mol. The van der Waals surface area contributed by atoms with Gasteiger partial charge in [0, 0.05) is 25.6 Å². The fourth-order valence-corrected chi connectivity index (χ4v) is 4.80. The van der Waals surface area contributed by atoms with Crippen molar-refractivity contribution in [1.82, 2.24) is 9.80 Å². The molecule has 1 aliphatic carbocycles. The molecule has 0 spiro atoms. The summed E-state index contributed by atoms with van der Waals surface area (Å²) in [4.78, 5) is 16.7. The Hall–Kier alpha value is -1.74. The zero-order valence-electron chi connectivity index (χ0n) is 21.4. The Bertz CT molecular complexity index is 810. The summed E-state index contributed by atoms with van der Waals surface area (Å²) in [6.45, 7) is 12.0. The van der Waals surface area contributed by atoms with E-state index in [1.807, 2.05) is 34.6 Å². The largest absolute Gasteiger partial charge is 0.444 e. The lowest BCUT2D eigenvalue weighted by atomic mass is 10.0. The quantitative estimate of drug-likeness (QED) is 0.579. The minimum atomic E-state index is -0.661. The number of halogens is 1. The Morgan fingerprint density at radius 1 is 1.15 bits per heavy atom. The van der Waals surface area contributed by atoms with E-state index in [0.717, 1.165) is 25.1 Å². The molecule has 1 aromatic rings. The zero-order chi connectivity index (χ0) is 25.1. The van der Waals surface area contributed by atoms with Crippen LogP contribution in [0.15, 0.2) is 24.3 Å². The molecule has 7 nitrogen and oxygen atoms in total. The number of hydrogen-bond acceptors (Lipinski definition) is 6. The fourth-order valence-electron chi connectivity index (χ4n) is 4.80. The van der Waals surface area contributed by atoms with E-state index in [1.54, 1.807) is 17.0 Å². The van der Waals surface area contributed by atoms with E-state index < -0.39 is 17.5 Å². The third kappa shape index (κ3) is 7.63. The van der Waals surface area contributed by atoms with Crippen LogP contribution in [0.1, 0.15) is 53.0 Å². The summed E-state index contributed by atoms with van der Waals surface area (Å²) in [6.07, 6.45) is 0.884. The van der Waals surface area contributed by atoms with Crippen LogP contribution in [-0.4, -0.2) is 83.9 Å². The predicted octanol–water partition coefficient (Wildman–Crippen LogP) is 3.83. The first-order chi connectivity index (χ1) is 15.8. The lowest BCUT2D eigenvalue weighted by Crippen LogP contribution is -2.40. The summed E-state index contributed by atoms with van der Waals surface area (Å²) in [5.74, 6) is -0.728. The standard InChI is InChI=1S/C26H41FN2O5/c1-25(2,3)34-24(31)29(15-12-18-8-10-20(27)11-9-18)14-7-13-28(6)17-19-16-21(30)23-22(19)32-26(4,5)33-23/h8-11,19,21-23,30H,7,12-17H2,1-6H3/t19-,21+,22?,23?/m1/s1. The summed E-state index contributed by atoms with van der Waals surface area (Å²) in [6, 6.07) is 6.37. The third-order valence-corrected chi connectivity index (χ3v) is 6.30. The van der Waals surface area contributed by atoms with Crippen molar-refractivity contribution < 1.29 is 28.5 Å². The SMILES string of the molecule is CN(CCCN(CCc1ccc(F)cc1)C(=O)OC(C)(C)C)C[C@H]1C[C@H](O)C2OC(C)(C)OC21. The zero-order valence-corrected chi connectivity index (χ0v) is 21.4. The van der Waals surface area contributed by atoms with Crippen LogP contribution < -0.4 is 0 Å². The molecular formula is C26H41FN2O5. The lowest BCUT2D eigenvalue weighted by Gasteiger charge is -2.29. The van der Waals surface area contributed by atoms with Crippen molar-refractivity contribution in [1.29, 1.82) is 0 Å². The Morgan fingerprint density at radius 3 is 2.44 bits per heavy atom. The molecule has 8 heteroatoms. The van der Waals surface area contributed by atoms with Gasteiger partial charge in [-0.25, -0.2) is 9.18 Å². The van der Waals surface area contributed by atoms with Gasteiger partial charge >= 0.3 is 6.09 Å². The molecule has 1 aliphatic heterocycles. The molecule has 34 heavy (non-hydrogen) atoms. The van der Waals surface area contributed by atoms with E-state index in [9.17, 15) is 14.3 Å². The van der Waals surface area contributed by atoms with Gasteiger partial charge in [-0.2, -0.15) is 0 Å². The maximum Gasteiger partial charge on any atom is 0.410 e. The molecule has 1 amide bonds. The number of aliphatic hydroxyl groups is 1. The molecule has 4 atom stereocenters. The number of carbonyl (C=O) groups excluding carboxylic acids is 1. The van der Waals surface area contributed by atoms with E-state index in [0.29, 0.717) is 25.9 Å². The van der Waals surface area contributed by atoms with Crippen molar-refractivity contribution >= 4 is 6.09 Å². The average Bonchev–Trinajstić information content (AvgIpc) is 3.18. The second-order valence-corrected chi connectivity index (χ2v) is 11.1. The van der Waals surface area contributed by atoms with Crippen molar-refractivity contribution in [3.63, 3.8) is 0 Å². The maximum atomic E-state index is 13.2. The molecule has 1 saturated heterocycles. The van der Waals surface area contributed by atoms with Crippen LogP contribution in [0.25, 0.3) is 0 Å². The number of benzene rings is 1. The van der Waals surface area contributed by atoms with Gasteiger partial charge in [0.2, 0.25) is 0 Å². The van der Waals surface area contributed by atoms with Crippen LogP contribution in [0, 0.1) is 11.7 Å². The number of amides is 1. The molecule has 2 unspecified atom stereocenters. The van der Waals surface area contributed by atoms with E-state index in [1.165, 1.54) is 12.1 Å². The van der Waals surface area contributed by atoms with E-state index in [2.05, 4.69) is 11.9 Å². The number of ether oxygens (including phenoxy) is 3. The molecule has 0 aromatic heterocycles. The van der Waals surface area contributed by atoms with Gasteiger partial charge < -0.3 is 29.1 Å². The van der Waals surface area contributed by atoms with Gasteiger partial charge in [0.05, 0.1) is 12.2 Å². The molecular weight excluding hydrogens is 439 g/mol. The van der Waals surface area contributed by atoms with Gasteiger partial charge in [0.25, 0.3) is 0 Å². The minimum absolute atomic E-state index is 0.0959. The normalized spacial score (nSPS) is 26.0. The maximum absolute atomic E-state index is 13.2. The Morgan fingerprint density at radius 2 is 1.79 bits per heavy atom. The molecule has 0 bridgehead atoms. The van der Waals surface area contributed by atoms with Gasteiger partial charge in [-0.3, -0.25) is 0 Å². The second kappa shape index (κ2) is 10.9. The van der Waals surface area contributed by atoms with E-state index >= 15 is 0 Å². The number of aliphatic hydroxyl groups excluding tert-OH is 1. The first kappa shape index (κ1) is 26.9. The Labute approximate surface area is 203 Å². The first-order valence-corrected chi connectivity index (χ1v) is 12.3. The van der Waals surface area contributed by atoms with Gasteiger partial charge in [0.1, 0.15) is 17.5 Å². The van der Waals surface area contributed by atoms with Crippen molar-refractivity contribution in [2.75, 3.05) is 33.2 Å². The molecule has 192 valence electrons. The number of carbonyl (C=O) groups is 1. The molecule has 1 heterocycles. The number of hydrogen-bond donors (Lipinski definition) is 1. The van der Waals surface area contributed by atoms with Gasteiger partial charge in [-0.15, -0.1) is 0 Å². The fraction of sp³-hybridized carbons (Fsp3) is 0.731. The molecule has 2 fully saturated rings. The highest BCUT2D eigenvalue weighted by Crippen LogP contribution is 2.41. The average molecular weight is 481 g/mol. The Balaban J connectivity index is 1.50. The lowest BCUT2D eigenvalue weighted by molar-refractivity contribution is -0.167. The van der Waals surface area contributed by atoms with Crippen LogP contribution >= 0.6 is 0 Å². The summed E-state index contributed by atoms with van der Waals surface area (Å²) >= 11 is 0. The van der Waals surface area contributed by atoms with Crippen LogP contribution in [0.4, 0.5) is 9.18 Å². The van der Waals surface area contributed by atoms with Crippen LogP contribution in [-0.2, 0) is 20.6 Å². The van der Waals surface area contributed by atoms with Crippen molar-refractivity contribution in [3.8, 4) is 0 Å². The second-order valence-electron chi connectivity index (χ2n) is 11.1. The summed E-state index contributed by atoms with van der Waals surface area (Å²) < 4.78 is 30.7. The van der Waals surface area contributed by atoms with Crippen molar-refractivity contribution in [2.24, 2.45) is 5.92 Å². The number of rotatable bonds is 9. The highest BCUT2D eigenvalue weighted by molar-refractivity contribution is 5.68.